The maximum atomic E-state index is 5.15. The van der Waals surface area contributed by atoms with Crippen LogP contribution in [0.25, 0.3) is 10.6 Å². The summed E-state index contributed by atoms with van der Waals surface area (Å²) in [5, 5.41) is 9.14. The van der Waals surface area contributed by atoms with Gasteiger partial charge in [-0.15, -0.1) is 11.4 Å². The number of nitrogens with zero attached hydrogens (tertiary/aromatic N) is 3. The van der Waals surface area contributed by atoms with E-state index in [0.29, 0.717) is 13.1 Å². The molecule has 5 nitrogen and oxygen atoms in total. The fourth-order valence-corrected chi connectivity index (χ4v) is 2.43. The summed E-state index contributed by atoms with van der Waals surface area (Å²) in [5.41, 5.74) is 3.65. The van der Waals surface area contributed by atoms with E-state index in [0.717, 1.165) is 34.3 Å². The average molecular weight is 510 g/mol. The topological polar surface area (TPSA) is 59.6 Å². The third kappa shape index (κ3) is 8.65. The molecule has 3 aromatic rings. The standard InChI is InChI=1S/C21H21N3O2.2ClH.Zr/c1-25-20-10-6-16(7-11-20)22-14-18-4-3-5-19(24-18)15-23-17-8-12-21(26-2)13-9-17;;;/h3-13H,14-15H2,1-2H3;2*1H;/q-2;;;+4/p-2. The van der Waals surface area contributed by atoms with Crippen LogP contribution < -0.4 is 9.47 Å². The van der Waals surface area contributed by atoms with Crippen molar-refractivity contribution in [3.63, 3.8) is 0 Å². The Morgan fingerprint density at radius 3 is 1.45 bits per heavy atom. The number of halogens is 2. The van der Waals surface area contributed by atoms with Crippen molar-refractivity contribution in [2.75, 3.05) is 14.2 Å². The van der Waals surface area contributed by atoms with Gasteiger partial charge in [-0.1, -0.05) is 43.4 Å². The molecule has 0 spiro atoms. The first kappa shape index (κ1) is 23.5. The fraction of sp³-hybridized carbons (Fsp3) is 0.190. The van der Waals surface area contributed by atoms with Gasteiger partial charge in [0, 0.05) is 11.4 Å². The van der Waals surface area contributed by atoms with Crippen molar-refractivity contribution >= 4 is 28.4 Å². The van der Waals surface area contributed by atoms with Gasteiger partial charge in [-0.2, -0.15) is 0 Å². The van der Waals surface area contributed by atoms with E-state index >= 15 is 0 Å². The van der Waals surface area contributed by atoms with Crippen LogP contribution in [0, 0.1) is 0 Å². The Balaban J connectivity index is 0.000000941. The Labute approximate surface area is 190 Å². The summed E-state index contributed by atoms with van der Waals surface area (Å²) in [7, 11) is 13.2. The van der Waals surface area contributed by atoms with Crippen LogP contribution in [-0.2, 0) is 33.9 Å². The van der Waals surface area contributed by atoms with Gasteiger partial charge in [-0.25, -0.2) is 0 Å². The first-order valence-corrected chi connectivity index (χ1v) is 15.1. The molecule has 1 heterocycles. The van der Waals surface area contributed by atoms with Crippen LogP contribution in [0.2, 0.25) is 0 Å². The van der Waals surface area contributed by atoms with E-state index in [9.17, 15) is 0 Å². The van der Waals surface area contributed by atoms with Crippen molar-refractivity contribution in [3.05, 3.63) is 88.8 Å². The molecule has 29 heavy (non-hydrogen) atoms. The van der Waals surface area contributed by atoms with Gasteiger partial charge < -0.3 is 20.1 Å². The first-order chi connectivity index (χ1) is 14.2. The molecule has 3 rings (SSSR count). The van der Waals surface area contributed by atoms with Crippen molar-refractivity contribution in [1.29, 1.82) is 0 Å². The summed E-state index contributed by atoms with van der Waals surface area (Å²) >= 11 is -0.826. The SMILES string of the molecule is COc1ccc([N-]Cc2cccc(C[N-]c3ccc(OC)cc3)n2)cc1.[Cl][Zr+2][Cl]. The zero-order valence-electron chi connectivity index (χ0n) is 16.2. The van der Waals surface area contributed by atoms with Gasteiger partial charge in [0.1, 0.15) is 11.5 Å². The number of methoxy groups -OCH3 is 2. The number of rotatable bonds is 8. The second-order valence-electron chi connectivity index (χ2n) is 5.72. The number of ether oxygens (including phenoxy) is 2. The number of benzene rings is 2. The average Bonchev–Trinajstić information content (AvgIpc) is 2.78. The van der Waals surface area contributed by atoms with E-state index in [-0.39, 0.29) is 0 Å². The number of hydrogen-bond donors (Lipinski definition) is 0. The van der Waals surface area contributed by atoms with E-state index in [4.69, 9.17) is 26.5 Å². The molecule has 150 valence electrons. The molecule has 2 aromatic carbocycles. The first-order valence-electron chi connectivity index (χ1n) is 8.72. The van der Waals surface area contributed by atoms with E-state index in [2.05, 4.69) is 15.6 Å². The van der Waals surface area contributed by atoms with Gasteiger partial charge >= 0.3 is 37.9 Å². The van der Waals surface area contributed by atoms with Gasteiger partial charge in [0.05, 0.1) is 14.2 Å². The minimum absolute atomic E-state index is 0.530. The molecule has 8 heteroatoms. The van der Waals surface area contributed by atoms with Crippen molar-refractivity contribution in [1.82, 2.24) is 4.98 Å². The normalized spacial score (nSPS) is 9.52. The minimum atomic E-state index is -0.826. The monoisotopic (exact) mass is 507 g/mol. The number of pyridine rings is 1. The molecule has 0 amide bonds. The summed E-state index contributed by atoms with van der Waals surface area (Å²) in [6.07, 6.45) is 0. The maximum absolute atomic E-state index is 5.15. The molecule has 0 aliphatic heterocycles. The van der Waals surface area contributed by atoms with Gasteiger partial charge in [-0.3, -0.25) is 4.98 Å². The molecule has 0 bridgehead atoms. The summed E-state index contributed by atoms with van der Waals surface area (Å²) in [6.45, 7) is 1.06. The molecule has 0 aliphatic carbocycles. The molecule has 1 aromatic heterocycles. The van der Waals surface area contributed by atoms with Crippen LogP contribution in [-0.4, -0.2) is 19.2 Å². The van der Waals surface area contributed by atoms with Crippen LogP contribution in [0.5, 0.6) is 11.5 Å². The van der Waals surface area contributed by atoms with Crippen LogP contribution in [0.1, 0.15) is 11.4 Å². The molecular weight excluding hydrogens is 488 g/mol. The van der Waals surface area contributed by atoms with Gasteiger partial charge in [0.2, 0.25) is 0 Å². The quantitative estimate of drug-likeness (QED) is 0.332. The van der Waals surface area contributed by atoms with Crippen LogP contribution in [0.3, 0.4) is 0 Å². The van der Waals surface area contributed by atoms with Crippen molar-refractivity contribution in [2.24, 2.45) is 0 Å². The third-order valence-corrected chi connectivity index (χ3v) is 3.86. The fourth-order valence-electron chi connectivity index (χ4n) is 2.43. The summed E-state index contributed by atoms with van der Waals surface area (Å²) in [4.78, 5) is 4.63. The molecule has 0 radical (unpaired) electrons. The Morgan fingerprint density at radius 1 is 0.724 bits per heavy atom. The van der Waals surface area contributed by atoms with Crippen LogP contribution >= 0.6 is 17.0 Å². The molecule has 0 saturated heterocycles. The van der Waals surface area contributed by atoms with E-state index in [1.54, 1.807) is 14.2 Å². The molecule has 0 unspecified atom stereocenters. The summed E-state index contributed by atoms with van der Waals surface area (Å²) in [5.74, 6) is 1.65. The molecule has 0 fully saturated rings. The van der Waals surface area contributed by atoms with Crippen molar-refractivity contribution in [2.45, 2.75) is 13.1 Å². The number of aromatic nitrogens is 1. The molecule has 0 saturated carbocycles. The van der Waals surface area contributed by atoms with E-state index in [1.807, 2.05) is 66.7 Å². The van der Waals surface area contributed by atoms with Crippen molar-refractivity contribution in [3.8, 4) is 11.5 Å². The summed E-state index contributed by atoms with van der Waals surface area (Å²) < 4.78 is 10.3. The number of hydrogen-bond acceptors (Lipinski definition) is 3. The molecule has 0 aliphatic rings. The second kappa shape index (κ2) is 13.5. The molecule has 0 N–H and O–H groups in total. The Kier molecular flexibility index (Phi) is 10.9. The molecule has 0 atom stereocenters. The summed E-state index contributed by atoms with van der Waals surface area (Å²) in [6, 6.07) is 21.3. The van der Waals surface area contributed by atoms with Gasteiger partial charge in [0.25, 0.3) is 0 Å². The zero-order chi connectivity index (χ0) is 20.9. The second-order valence-corrected chi connectivity index (χ2v) is 9.45. The Morgan fingerprint density at radius 2 is 1.10 bits per heavy atom. The van der Waals surface area contributed by atoms with E-state index in [1.165, 1.54) is 0 Å². The molecular formula is C21H21Cl2N3O2Zr. The van der Waals surface area contributed by atoms with E-state index < -0.39 is 20.8 Å². The third-order valence-electron chi connectivity index (χ3n) is 3.86. The Hall–Kier alpha value is -1.75. The predicted molar refractivity (Wildman–Crippen MR) is 115 cm³/mol. The predicted octanol–water partition coefficient (Wildman–Crippen LogP) is 6.89. The van der Waals surface area contributed by atoms with Gasteiger partial charge in [-0.05, 0) is 36.4 Å². The van der Waals surface area contributed by atoms with Crippen molar-refractivity contribution < 1.29 is 30.3 Å². The van der Waals surface area contributed by atoms with Crippen LogP contribution in [0.15, 0.2) is 66.7 Å². The Bertz CT molecular complexity index is 783. The van der Waals surface area contributed by atoms with Gasteiger partial charge in [0.15, 0.2) is 0 Å². The van der Waals surface area contributed by atoms with Crippen LogP contribution in [0.4, 0.5) is 11.4 Å². The zero-order valence-corrected chi connectivity index (χ0v) is 20.1.